The minimum atomic E-state index is -0.598. The number of aromatic nitrogens is 2. The van der Waals surface area contributed by atoms with Crippen LogP contribution in [-0.2, 0) is 4.79 Å². The van der Waals surface area contributed by atoms with Gasteiger partial charge in [-0.15, -0.1) is 10.2 Å². The average molecular weight is 383 g/mol. The second kappa shape index (κ2) is 8.64. The first-order valence-corrected chi connectivity index (χ1v) is 9.43. The van der Waals surface area contributed by atoms with Crippen molar-refractivity contribution < 1.29 is 14.3 Å². The van der Waals surface area contributed by atoms with Crippen molar-refractivity contribution in [2.75, 3.05) is 12.4 Å². The Bertz CT molecular complexity index is 909. The summed E-state index contributed by atoms with van der Waals surface area (Å²) in [4.78, 5) is 12.6. The smallest absolute Gasteiger partial charge is 0.267 e. The molecule has 1 N–H and O–H groups in total. The van der Waals surface area contributed by atoms with Crippen molar-refractivity contribution in [3.8, 4) is 22.1 Å². The molecule has 7 heteroatoms. The second-order valence-corrected chi connectivity index (χ2v) is 6.89. The van der Waals surface area contributed by atoms with Crippen molar-refractivity contribution in [1.82, 2.24) is 10.2 Å². The molecule has 0 aliphatic heterocycles. The molecule has 1 aromatic heterocycles. The third-order valence-corrected chi connectivity index (χ3v) is 4.91. The molecule has 0 unspecified atom stereocenters. The minimum absolute atomic E-state index is 0.238. The number of carbonyl (C=O) groups excluding carboxylic acids is 1. The van der Waals surface area contributed by atoms with Gasteiger partial charge in [0.15, 0.2) is 6.10 Å². The molecule has 27 heavy (non-hydrogen) atoms. The van der Waals surface area contributed by atoms with Gasteiger partial charge in [0.2, 0.25) is 5.13 Å². The zero-order valence-electron chi connectivity index (χ0n) is 15.4. The van der Waals surface area contributed by atoms with Crippen LogP contribution in [0.5, 0.6) is 11.5 Å². The van der Waals surface area contributed by atoms with Gasteiger partial charge in [0.25, 0.3) is 5.91 Å². The van der Waals surface area contributed by atoms with E-state index in [1.807, 2.05) is 62.4 Å². The van der Waals surface area contributed by atoms with E-state index in [-0.39, 0.29) is 5.91 Å². The van der Waals surface area contributed by atoms with Crippen LogP contribution in [0.15, 0.2) is 48.5 Å². The fraction of sp³-hybridized carbons (Fsp3) is 0.250. The molecule has 1 heterocycles. The Morgan fingerprint density at radius 1 is 1.15 bits per heavy atom. The Morgan fingerprint density at radius 3 is 2.56 bits per heavy atom. The molecular weight excluding hydrogens is 362 g/mol. The zero-order valence-corrected chi connectivity index (χ0v) is 16.2. The molecule has 0 spiro atoms. The number of hydrogen-bond donors (Lipinski definition) is 1. The second-order valence-electron chi connectivity index (χ2n) is 5.91. The van der Waals surface area contributed by atoms with Crippen molar-refractivity contribution in [2.24, 2.45) is 0 Å². The molecule has 0 bridgehead atoms. The van der Waals surface area contributed by atoms with Gasteiger partial charge < -0.3 is 9.47 Å². The topological polar surface area (TPSA) is 73.3 Å². The summed E-state index contributed by atoms with van der Waals surface area (Å²) in [6, 6.07) is 15.2. The SMILES string of the molecule is CC[C@H](Oc1ccccc1C)C(=O)Nc1nnc(-c2ccc(OC)cc2)s1. The molecule has 0 saturated heterocycles. The molecule has 3 aromatic rings. The minimum Gasteiger partial charge on any atom is -0.497 e. The molecule has 0 fully saturated rings. The molecule has 140 valence electrons. The normalized spacial score (nSPS) is 11.7. The van der Waals surface area contributed by atoms with Crippen LogP contribution in [0, 0.1) is 6.92 Å². The molecule has 1 amide bonds. The van der Waals surface area contributed by atoms with Crippen LogP contribution in [0.1, 0.15) is 18.9 Å². The number of nitrogens with zero attached hydrogens (tertiary/aromatic N) is 2. The highest BCUT2D eigenvalue weighted by molar-refractivity contribution is 7.18. The third kappa shape index (κ3) is 4.62. The molecule has 0 aliphatic carbocycles. The number of ether oxygens (including phenoxy) is 2. The van der Waals surface area contributed by atoms with Gasteiger partial charge in [0, 0.05) is 5.56 Å². The van der Waals surface area contributed by atoms with Gasteiger partial charge >= 0.3 is 0 Å². The maximum atomic E-state index is 12.6. The van der Waals surface area contributed by atoms with Gasteiger partial charge in [0.05, 0.1) is 7.11 Å². The number of benzene rings is 2. The van der Waals surface area contributed by atoms with Gasteiger partial charge in [-0.05, 0) is 49.2 Å². The fourth-order valence-corrected chi connectivity index (χ4v) is 3.23. The number of carbonyl (C=O) groups is 1. The maximum Gasteiger partial charge on any atom is 0.267 e. The largest absolute Gasteiger partial charge is 0.497 e. The quantitative estimate of drug-likeness (QED) is 0.658. The van der Waals surface area contributed by atoms with Crippen LogP contribution in [0.3, 0.4) is 0 Å². The van der Waals surface area contributed by atoms with Crippen LogP contribution in [0.4, 0.5) is 5.13 Å². The molecule has 0 aliphatic rings. The van der Waals surface area contributed by atoms with Crippen LogP contribution in [0.2, 0.25) is 0 Å². The van der Waals surface area contributed by atoms with Crippen LogP contribution >= 0.6 is 11.3 Å². The number of methoxy groups -OCH3 is 1. The molecule has 0 radical (unpaired) electrons. The van der Waals surface area contributed by atoms with E-state index in [2.05, 4.69) is 15.5 Å². The molecular formula is C20H21N3O3S. The van der Waals surface area contributed by atoms with Crippen LogP contribution in [-0.4, -0.2) is 29.3 Å². The van der Waals surface area contributed by atoms with Gasteiger partial charge in [-0.25, -0.2) is 0 Å². The lowest BCUT2D eigenvalue weighted by Crippen LogP contribution is -2.32. The van der Waals surface area contributed by atoms with E-state index >= 15 is 0 Å². The summed E-state index contributed by atoms with van der Waals surface area (Å²) in [6.07, 6.45) is -0.0518. The first-order valence-electron chi connectivity index (χ1n) is 8.61. The molecule has 1 atom stereocenters. The third-order valence-electron chi connectivity index (χ3n) is 4.02. The Hall–Kier alpha value is -2.93. The summed E-state index contributed by atoms with van der Waals surface area (Å²) in [6.45, 7) is 3.86. The summed E-state index contributed by atoms with van der Waals surface area (Å²) in [5.74, 6) is 1.24. The van der Waals surface area contributed by atoms with Gasteiger partial charge in [-0.3, -0.25) is 10.1 Å². The van der Waals surface area contributed by atoms with E-state index < -0.39 is 6.10 Å². The summed E-state index contributed by atoms with van der Waals surface area (Å²) in [5, 5.41) is 12.2. The standard InChI is InChI=1S/C20H21N3O3S/c1-4-16(26-17-8-6-5-7-13(17)2)18(24)21-20-23-22-19(27-20)14-9-11-15(25-3)12-10-14/h5-12,16H,4H2,1-3H3,(H,21,23,24)/t16-/m0/s1. The van der Waals surface area contributed by atoms with Crippen molar-refractivity contribution in [3.63, 3.8) is 0 Å². The number of hydrogen-bond acceptors (Lipinski definition) is 6. The van der Waals surface area contributed by atoms with Crippen molar-refractivity contribution in [2.45, 2.75) is 26.4 Å². The monoisotopic (exact) mass is 383 g/mol. The van der Waals surface area contributed by atoms with E-state index in [1.165, 1.54) is 11.3 Å². The Kier molecular flexibility index (Phi) is 6.03. The number of nitrogens with one attached hydrogen (secondary N) is 1. The summed E-state index contributed by atoms with van der Waals surface area (Å²) >= 11 is 1.31. The van der Waals surface area contributed by atoms with E-state index in [0.29, 0.717) is 17.3 Å². The highest BCUT2D eigenvalue weighted by Gasteiger charge is 2.21. The van der Waals surface area contributed by atoms with Gasteiger partial charge in [-0.2, -0.15) is 0 Å². The van der Waals surface area contributed by atoms with Gasteiger partial charge in [0.1, 0.15) is 16.5 Å². The highest BCUT2D eigenvalue weighted by atomic mass is 32.1. The van der Waals surface area contributed by atoms with E-state index in [4.69, 9.17) is 9.47 Å². The summed E-state index contributed by atoms with van der Waals surface area (Å²) in [7, 11) is 1.62. The van der Waals surface area contributed by atoms with Crippen molar-refractivity contribution in [3.05, 3.63) is 54.1 Å². The first kappa shape index (κ1) is 18.8. The zero-order chi connectivity index (χ0) is 19.2. The summed E-state index contributed by atoms with van der Waals surface area (Å²) < 4.78 is 11.0. The van der Waals surface area contributed by atoms with E-state index in [0.717, 1.165) is 21.9 Å². The molecule has 3 rings (SSSR count). The lowest BCUT2D eigenvalue weighted by Gasteiger charge is -2.17. The summed E-state index contributed by atoms with van der Waals surface area (Å²) in [5.41, 5.74) is 1.90. The Morgan fingerprint density at radius 2 is 1.89 bits per heavy atom. The predicted molar refractivity (Wildman–Crippen MR) is 106 cm³/mol. The molecule has 0 saturated carbocycles. The van der Waals surface area contributed by atoms with E-state index in [9.17, 15) is 4.79 Å². The van der Waals surface area contributed by atoms with Gasteiger partial charge in [-0.1, -0.05) is 36.5 Å². The predicted octanol–water partition coefficient (Wildman–Crippen LogP) is 4.32. The van der Waals surface area contributed by atoms with Crippen LogP contribution in [0.25, 0.3) is 10.6 Å². The number of para-hydroxylation sites is 1. The van der Waals surface area contributed by atoms with Crippen molar-refractivity contribution in [1.29, 1.82) is 0 Å². The number of amides is 1. The number of rotatable bonds is 7. The maximum absolute atomic E-state index is 12.6. The highest BCUT2D eigenvalue weighted by Crippen LogP contribution is 2.28. The van der Waals surface area contributed by atoms with Crippen molar-refractivity contribution >= 4 is 22.4 Å². The Balaban J connectivity index is 1.67. The average Bonchev–Trinajstić information content (AvgIpc) is 3.15. The Labute approximate surface area is 162 Å². The molecule has 2 aromatic carbocycles. The lowest BCUT2D eigenvalue weighted by atomic mass is 10.2. The lowest BCUT2D eigenvalue weighted by molar-refractivity contribution is -0.122. The number of aryl methyl sites for hydroxylation is 1. The molecule has 6 nitrogen and oxygen atoms in total. The fourth-order valence-electron chi connectivity index (χ4n) is 2.47. The van der Waals surface area contributed by atoms with Crippen LogP contribution < -0.4 is 14.8 Å². The first-order chi connectivity index (χ1) is 13.1. The number of anilines is 1. The van der Waals surface area contributed by atoms with E-state index in [1.54, 1.807) is 7.11 Å².